The maximum atomic E-state index is 6.27. The molecule has 0 bridgehead atoms. The highest BCUT2D eigenvalue weighted by molar-refractivity contribution is 6.36. The molecular weight excluding hydrogens is 303 g/mol. The lowest BCUT2D eigenvalue weighted by Crippen LogP contribution is -2.05. The third-order valence-electron chi connectivity index (χ3n) is 3.66. The predicted molar refractivity (Wildman–Crippen MR) is 90.3 cm³/mol. The van der Waals surface area contributed by atoms with Crippen molar-refractivity contribution in [3.8, 4) is 0 Å². The van der Waals surface area contributed by atoms with Gasteiger partial charge in [-0.25, -0.2) is 0 Å². The third-order valence-corrected chi connectivity index (χ3v) is 4.37. The molecule has 0 spiro atoms. The van der Waals surface area contributed by atoms with Crippen LogP contribution in [0.4, 0.5) is 0 Å². The summed E-state index contributed by atoms with van der Waals surface area (Å²) >= 11 is 12.5. The molecule has 0 aliphatic rings. The van der Waals surface area contributed by atoms with E-state index in [4.69, 9.17) is 23.2 Å². The molecule has 2 nitrogen and oxygen atoms in total. The maximum Gasteiger partial charge on any atom is 0.0505 e. The van der Waals surface area contributed by atoms with Gasteiger partial charge in [0.25, 0.3) is 0 Å². The van der Waals surface area contributed by atoms with Crippen LogP contribution in [-0.2, 0) is 13.1 Å². The maximum absolute atomic E-state index is 6.27. The second-order valence-electron chi connectivity index (χ2n) is 5.02. The van der Waals surface area contributed by atoms with Gasteiger partial charge in [0.15, 0.2) is 0 Å². The fraction of sp³-hybridized carbons (Fsp3) is 0.176. The van der Waals surface area contributed by atoms with Crippen molar-refractivity contribution < 1.29 is 0 Å². The Balaban J connectivity index is 2.04. The first-order chi connectivity index (χ1) is 10.2. The van der Waals surface area contributed by atoms with E-state index in [0.717, 1.165) is 12.1 Å². The molecule has 0 saturated heterocycles. The van der Waals surface area contributed by atoms with Crippen molar-refractivity contribution in [3.63, 3.8) is 0 Å². The van der Waals surface area contributed by atoms with Crippen molar-refractivity contribution in [1.82, 2.24) is 9.88 Å². The van der Waals surface area contributed by atoms with Crippen molar-refractivity contribution in [1.29, 1.82) is 0 Å². The van der Waals surface area contributed by atoms with Gasteiger partial charge in [0.05, 0.1) is 6.54 Å². The number of nitrogens with zero attached hydrogens (tertiary/aromatic N) is 1. The lowest BCUT2D eigenvalue weighted by Gasteiger charge is -2.10. The number of benzene rings is 2. The topological polar surface area (TPSA) is 17.0 Å². The van der Waals surface area contributed by atoms with Crippen LogP contribution in [0.1, 0.15) is 11.1 Å². The van der Waals surface area contributed by atoms with E-state index in [1.54, 1.807) is 0 Å². The summed E-state index contributed by atoms with van der Waals surface area (Å²) in [5.74, 6) is 0. The lowest BCUT2D eigenvalue weighted by atomic mass is 10.1. The molecule has 4 heteroatoms. The van der Waals surface area contributed by atoms with E-state index in [0.29, 0.717) is 16.6 Å². The summed E-state index contributed by atoms with van der Waals surface area (Å²) in [6.45, 7) is 1.53. The molecule has 0 amide bonds. The largest absolute Gasteiger partial charge is 0.343 e. The number of halogens is 2. The smallest absolute Gasteiger partial charge is 0.0505 e. The van der Waals surface area contributed by atoms with Crippen LogP contribution in [0.2, 0.25) is 10.0 Å². The molecule has 0 saturated carbocycles. The third kappa shape index (κ3) is 2.80. The van der Waals surface area contributed by atoms with Gasteiger partial charge in [0, 0.05) is 39.3 Å². The van der Waals surface area contributed by atoms with Crippen molar-refractivity contribution in [2.45, 2.75) is 13.1 Å². The van der Waals surface area contributed by atoms with Gasteiger partial charge in [-0.3, -0.25) is 0 Å². The monoisotopic (exact) mass is 318 g/mol. The summed E-state index contributed by atoms with van der Waals surface area (Å²) in [5.41, 5.74) is 3.44. The van der Waals surface area contributed by atoms with Gasteiger partial charge in [-0.2, -0.15) is 0 Å². The zero-order valence-corrected chi connectivity index (χ0v) is 13.2. The highest BCUT2D eigenvalue weighted by Gasteiger charge is 2.09. The summed E-state index contributed by atoms with van der Waals surface area (Å²) in [6, 6.07) is 14.1. The first-order valence-electron chi connectivity index (χ1n) is 6.85. The van der Waals surface area contributed by atoms with Gasteiger partial charge >= 0.3 is 0 Å². The molecule has 3 aromatic rings. The molecule has 1 heterocycles. The zero-order valence-electron chi connectivity index (χ0n) is 11.7. The average molecular weight is 319 g/mol. The molecule has 0 fully saturated rings. The molecule has 3 rings (SSSR count). The fourth-order valence-corrected chi connectivity index (χ4v) is 3.14. The average Bonchev–Trinajstić information content (AvgIpc) is 2.88. The summed E-state index contributed by atoms with van der Waals surface area (Å²) in [7, 11) is 1.96. The number of fused-ring (bicyclic) bond motifs is 1. The molecule has 1 N–H and O–H groups in total. The second kappa shape index (κ2) is 6.10. The highest BCUT2D eigenvalue weighted by Crippen LogP contribution is 2.27. The number of rotatable bonds is 4. The van der Waals surface area contributed by atoms with Crippen LogP contribution in [-0.4, -0.2) is 11.6 Å². The molecule has 0 aliphatic carbocycles. The molecule has 0 aliphatic heterocycles. The second-order valence-corrected chi connectivity index (χ2v) is 5.84. The quantitative estimate of drug-likeness (QED) is 0.736. The van der Waals surface area contributed by atoms with E-state index in [9.17, 15) is 0 Å². The molecule has 0 atom stereocenters. The number of aromatic nitrogens is 1. The Labute approximate surface area is 134 Å². The number of nitrogens with one attached hydrogen (secondary N) is 1. The van der Waals surface area contributed by atoms with Crippen LogP contribution in [0.15, 0.2) is 48.7 Å². The van der Waals surface area contributed by atoms with Crippen LogP contribution in [0.3, 0.4) is 0 Å². The summed E-state index contributed by atoms with van der Waals surface area (Å²) < 4.78 is 2.18. The highest BCUT2D eigenvalue weighted by atomic mass is 35.5. The van der Waals surface area contributed by atoms with Gasteiger partial charge in [0.1, 0.15) is 0 Å². The minimum atomic E-state index is 0.672. The van der Waals surface area contributed by atoms with E-state index in [-0.39, 0.29) is 0 Å². The Kier molecular flexibility index (Phi) is 4.20. The van der Waals surface area contributed by atoms with E-state index in [2.05, 4.69) is 40.3 Å². The van der Waals surface area contributed by atoms with E-state index in [1.807, 2.05) is 25.2 Å². The molecule has 0 unspecified atom stereocenters. The molecule has 2 aromatic carbocycles. The fourth-order valence-electron chi connectivity index (χ4n) is 2.62. The van der Waals surface area contributed by atoms with E-state index >= 15 is 0 Å². The van der Waals surface area contributed by atoms with Crippen molar-refractivity contribution in [2.24, 2.45) is 0 Å². The Morgan fingerprint density at radius 1 is 1.00 bits per heavy atom. The van der Waals surface area contributed by atoms with Crippen molar-refractivity contribution in [3.05, 3.63) is 69.8 Å². The lowest BCUT2D eigenvalue weighted by molar-refractivity contribution is 0.821. The Morgan fingerprint density at radius 2 is 1.71 bits per heavy atom. The zero-order chi connectivity index (χ0) is 14.8. The van der Waals surface area contributed by atoms with Gasteiger partial charge in [0.2, 0.25) is 0 Å². The van der Waals surface area contributed by atoms with Crippen LogP contribution >= 0.6 is 23.2 Å². The minimum Gasteiger partial charge on any atom is -0.343 e. The van der Waals surface area contributed by atoms with E-state index < -0.39 is 0 Å². The molecule has 1 aromatic heterocycles. The van der Waals surface area contributed by atoms with Gasteiger partial charge in [-0.05, 0) is 36.9 Å². The van der Waals surface area contributed by atoms with Gasteiger partial charge in [-0.1, -0.05) is 41.4 Å². The van der Waals surface area contributed by atoms with Crippen LogP contribution < -0.4 is 5.32 Å². The first-order valence-corrected chi connectivity index (χ1v) is 7.60. The summed E-state index contributed by atoms with van der Waals surface area (Å²) in [6.07, 6.45) is 2.09. The van der Waals surface area contributed by atoms with Gasteiger partial charge < -0.3 is 9.88 Å². The summed E-state index contributed by atoms with van der Waals surface area (Å²) in [5, 5.41) is 5.87. The van der Waals surface area contributed by atoms with E-state index in [1.165, 1.54) is 16.5 Å². The molecular formula is C17H16Cl2N2. The minimum absolute atomic E-state index is 0.672. The summed E-state index contributed by atoms with van der Waals surface area (Å²) in [4.78, 5) is 0. The Morgan fingerprint density at radius 3 is 2.43 bits per heavy atom. The van der Waals surface area contributed by atoms with Gasteiger partial charge in [-0.15, -0.1) is 0 Å². The molecule has 0 radical (unpaired) electrons. The first kappa shape index (κ1) is 14.5. The Bertz CT molecular complexity index is 757. The number of hydrogen-bond acceptors (Lipinski definition) is 1. The normalized spacial score (nSPS) is 11.2. The SMILES string of the molecule is CNCc1cccc2c1ccn2Cc1c(Cl)cccc1Cl. The number of hydrogen-bond donors (Lipinski definition) is 1. The van der Waals surface area contributed by atoms with Crippen molar-refractivity contribution in [2.75, 3.05) is 7.05 Å². The Hall–Kier alpha value is -1.48. The predicted octanol–water partition coefficient (Wildman–Crippen LogP) is 4.72. The molecule has 108 valence electrons. The van der Waals surface area contributed by atoms with Crippen LogP contribution in [0, 0.1) is 0 Å². The standard InChI is InChI=1S/C17H16Cl2N2/c1-20-10-12-4-2-7-17-13(12)8-9-21(17)11-14-15(18)5-3-6-16(14)19/h2-9,20H,10-11H2,1H3. The van der Waals surface area contributed by atoms with Crippen LogP contribution in [0.25, 0.3) is 10.9 Å². The van der Waals surface area contributed by atoms with Crippen molar-refractivity contribution >= 4 is 34.1 Å². The molecule has 21 heavy (non-hydrogen) atoms. The van der Waals surface area contributed by atoms with Crippen LogP contribution in [0.5, 0.6) is 0 Å².